The van der Waals surface area contributed by atoms with E-state index in [1.807, 2.05) is 56.4 Å². The molecule has 3 aromatic rings. The Morgan fingerprint density at radius 2 is 1.77 bits per heavy atom. The molecule has 3 rings (SSSR count). The highest BCUT2D eigenvalue weighted by Crippen LogP contribution is 2.30. The lowest BCUT2D eigenvalue weighted by Crippen LogP contribution is -2.31. The third kappa shape index (κ3) is 6.36. The van der Waals surface area contributed by atoms with Gasteiger partial charge in [0.2, 0.25) is 0 Å². The number of nitrogens with zero attached hydrogens (tertiary/aromatic N) is 3. The first-order chi connectivity index (χ1) is 16.6. The van der Waals surface area contributed by atoms with Crippen molar-refractivity contribution < 1.29 is 19.0 Å². The van der Waals surface area contributed by atoms with E-state index in [9.17, 15) is 4.79 Å². The molecule has 0 saturated carbocycles. The standard InChI is InChI=1S/C27H34BrN3O4/c1-8-35-23-12-9-18(13-21(23)28)16-31(17-19-10-11-20(33-6)14-24(19)34-7)26(32)22-15-25(27(2,3)4)29-30(22)5/h9-15H,8,16-17H2,1-7H3. The van der Waals surface area contributed by atoms with E-state index in [4.69, 9.17) is 14.2 Å². The summed E-state index contributed by atoms with van der Waals surface area (Å²) in [5.74, 6) is 2.02. The zero-order valence-electron chi connectivity index (χ0n) is 21.5. The van der Waals surface area contributed by atoms with Crippen molar-refractivity contribution in [2.24, 2.45) is 7.05 Å². The number of hydrogen-bond acceptors (Lipinski definition) is 5. The number of methoxy groups -OCH3 is 2. The van der Waals surface area contributed by atoms with Crippen LogP contribution in [0.5, 0.6) is 17.2 Å². The van der Waals surface area contributed by atoms with E-state index in [2.05, 4.69) is 41.8 Å². The molecular formula is C27H34BrN3O4. The van der Waals surface area contributed by atoms with Crippen molar-refractivity contribution in [3.63, 3.8) is 0 Å². The number of aromatic nitrogens is 2. The van der Waals surface area contributed by atoms with Gasteiger partial charge in [-0.05, 0) is 58.7 Å². The summed E-state index contributed by atoms with van der Waals surface area (Å²) in [7, 11) is 5.04. The van der Waals surface area contributed by atoms with Crippen molar-refractivity contribution in [2.75, 3.05) is 20.8 Å². The Hall–Kier alpha value is -3.00. The Balaban J connectivity index is 2.00. The minimum atomic E-state index is -0.166. The zero-order valence-corrected chi connectivity index (χ0v) is 23.1. The van der Waals surface area contributed by atoms with Crippen molar-refractivity contribution in [1.82, 2.24) is 14.7 Å². The van der Waals surface area contributed by atoms with Gasteiger partial charge in [0.25, 0.3) is 5.91 Å². The molecule has 35 heavy (non-hydrogen) atoms. The molecule has 0 N–H and O–H groups in total. The highest BCUT2D eigenvalue weighted by Gasteiger charge is 2.26. The van der Waals surface area contributed by atoms with E-state index >= 15 is 0 Å². The van der Waals surface area contributed by atoms with Crippen LogP contribution in [-0.2, 0) is 25.6 Å². The van der Waals surface area contributed by atoms with Gasteiger partial charge in [-0.15, -0.1) is 0 Å². The topological polar surface area (TPSA) is 65.8 Å². The first-order valence-corrected chi connectivity index (χ1v) is 12.3. The van der Waals surface area contributed by atoms with Crippen molar-refractivity contribution in [3.8, 4) is 17.2 Å². The molecule has 188 valence electrons. The second-order valence-electron chi connectivity index (χ2n) is 9.33. The number of rotatable bonds is 9. The minimum Gasteiger partial charge on any atom is -0.497 e. The van der Waals surface area contributed by atoms with Gasteiger partial charge in [-0.2, -0.15) is 5.10 Å². The first kappa shape index (κ1) is 26.6. The second-order valence-corrected chi connectivity index (χ2v) is 10.2. The molecule has 0 bridgehead atoms. The monoisotopic (exact) mass is 543 g/mol. The zero-order chi connectivity index (χ0) is 25.8. The van der Waals surface area contributed by atoms with E-state index in [1.165, 1.54) is 0 Å². The number of aryl methyl sites for hydroxylation is 1. The fourth-order valence-electron chi connectivity index (χ4n) is 3.72. The van der Waals surface area contributed by atoms with Crippen molar-refractivity contribution in [1.29, 1.82) is 0 Å². The molecule has 0 spiro atoms. The summed E-state index contributed by atoms with van der Waals surface area (Å²) in [5.41, 5.74) is 3.09. The summed E-state index contributed by atoms with van der Waals surface area (Å²) < 4.78 is 19.1. The molecule has 2 aromatic carbocycles. The Morgan fingerprint density at radius 1 is 1.03 bits per heavy atom. The number of ether oxygens (including phenoxy) is 3. The summed E-state index contributed by atoms with van der Waals surface area (Å²) in [5, 5.41) is 4.61. The number of carbonyl (C=O) groups is 1. The van der Waals surface area contributed by atoms with Crippen LogP contribution in [0.25, 0.3) is 0 Å². The maximum Gasteiger partial charge on any atom is 0.272 e. The van der Waals surface area contributed by atoms with Crippen LogP contribution in [0, 0.1) is 0 Å². The molecular weight excluding hydrogens is 510 g/mol. The number of halogens is 1. The van der Waals surface area contributed by atoms with Gasteiger partial charge >= 0.3 is 0 Å². The molecule has 0 radical (unpaired) electrons. The number of amides is 1. The van der Waals surface area contributed by atoms with Gasteiger partial charge in [-0.25, -0.2) is 0 Å². The fourth-order valence-corrected chi connectivity index (χ4v) is 4.26. The highest BCUT2D eigenvalue weighted by molar-refractivity contribution is 9.10. The van der Waals surface area contributed by atoms with Gasteiger partial charge < -0.3 is 19.1 Å². The molecule has 1 amide bonds. The maximum atomic E-state index is 13.9. The minimum absolute atomic E-state index is 0.113. The molecule has 7 nitrogen and oxygen atoms in total. The molecule has 0 saturated heterocycles. The smallest absolute Gasteiger partial charge is 0.272 e. The lowest BCUT2D eigenvalue weighted by Gasteiger charge is -2.24. The van der Waals surface area contributed by atoms with Gasteiger partial charge in [0.1, 0.15) is 22.9 Å². The molecule has 0 atom stereocenters. The third-order valence-electron chi connectivity index (χ3n) is 5.68. The van der Waals surface area contributed by atoms with E-state index in [0.29, 0.717) is 36.9 Å². The van der Waals surface area contributed by atoms with Gasteiger partial charge in [-0.3, -0.25) is 9.48 Å². The van der Waals surface area contributed by atoms with Crippen molar-refractivity contribution >= 4 is 21.8 Å². The van der Waals surface area contributed by atoms with Crippen molar-refractivity contribution in [2.45, 2.75) is 46.2 Å². The molecule has 8 heteroatoms. The Labute approximate surface area is 216 Å². The second kappa shape index (κ2) is 11.2. The average molecular weight is 544 g/mol. The molecule has 0 aliphatic heterocycles. The molecule has 0 aliphatic carbocycles. The Kier molecular flexibility index (Phi) is 8.48. The van der Waals surface area contributed by atoms with Gasteiger partial charge in [-0.1, -0.05) is 26.8 Å². The molecule has 1 aromatic heterocycles. The average Bonchev–Trinajstić information content (AvgIpc) is 3.22. The van der Waals surface area contributed by atoms with E-state index in [-0.39, 0.29) is 11.3 Å². The van der Waals surface area contributed by atoms with E-state index < -0.39 is 0 Å². The lowest BCUT2D eigenvalue weighted by atomic mass is 9.92. The number of hydrogen-bond donors (Lipinski definition) is 0. The molecule has 0 aliphatic rings. The third-order valence-corrected chi connectivity index (χ3v) is 6.30. The molecule has 0 fully saturated rings. The van der Waals surface area contributed by atoms with Crippen LogP contribution in [0.15, 0.2) is 46.9 Å². The van der Waals surface area contributed by atoms with Crippen LogP contribution in [-0.4, -0.2) is 41.4 Å². The Morgan fingerprint density at radius 3 is 2.34 bits per heavy atom. The lowest BCUT2D eigenvalue weighted by molar-refractivity contribution is 0.0717. The van der Waals surface area contributed by atoms with Gasteiger partial charge in [0.05, 0.1) is 37.5 Å². The molecule has 1 heterocycles. The van der Waals surface area contributed by atoms with Crippen LogP contribution >= 0.6 is 15.9 Å². The summed E-state index contributed by atoms with van der Waals surface area (Å²) in [6.45, 7) is 9.53. The predicted molar refractivity (Wildman–Crippen MR) is 140 cm³/mol. The fraction of sp³-hybridized carbons (Fsp3) is 0.407. The Bertz CT molecular complexity index is 1180. The van der Waals surface area contributed by atoms with Gasteiger partial charge in [0, 0.05) is 30.6 Å². The summed E-state index contributed by atoms with van der Waals surface area (Å²) in [6, 6.07) is 13.4. The molecule has 0 unspecified atom stereocenters. The van der Waals surface area contributed by atoms with Crippen molar-refractivity contribution in [3.05, 3.63) is 69.5 Å². The normalized spacial score (nSPS) is 11.3. The predicted octanol–water partition coefficient (Wildman–Crippen LogP) is 5.74. The highest BCUT2D eigenvalue weighted by atomic mass is 79.9. The summed E-state index contributed by atoms with van der Waals surface area (Å²) >= 11 is 3.59. The van der Waals surface area contributed by atoms with E-state index in [1.54, 1.807) is 23.8 Å². The van der Waals surface area contributed by atoms with Crippen LogP contribution in [0.2, 0.25) is 0 Å². The van der Waals surface area contributed by atoms with Gasteiger partial charge in [0.15, 0.2) is 0 Å². The summed E-state index contributed by atoms with van der Waals surface area (Å²) in [6.07, 6.45) is 0. The SMILES string of the molecule is CCOc1ccc(CN(Cc2ccc(OC)cc2OC)C(=O)c2cc(C(C)(C)C)nn2C)cc1Br. The van der Waals surface area contributed by atoms with Crippen LogP contribution in [0.3, 0.4) is 0 Å². The largest absolute Gasteiger partial charge is 0.497 e. The van der Waals surface area contributed by atoms with E-state index in [0.717, 1.165) is 27.0 Å². The number of benzene rings is 2. The number of carbonyl (C=O) groups excluding carboxylic acids is 1. The van der Waals surface area contributed by atoms with Crippen LogP contribution in [0.4, 0.5) is 0 Å². The quantitative estimate of drug-likeness (QED) is 0.344. The maximum absolute atomic E-state index is 13.9. The van der Waals surface area contributed by atoms with Crippen LogP contribution < -0.4 is 14.2 Å². The van der Waals surface area contributed by atoms with Crippen LogP contribution in [0.1, 0.15) is 55.0 Å². The summed E-state index contributed by atoms with van der Waals surface area (Å²) in [4.78, 5) is 15.7. The first-order valence-electron chi connectivity index (χ1n) is 11.5.